The van der Waals surface area contributed by atoms with Crippen molar-refractivity contribution in [3.8, 4) is 0 Å². The third-order valence-electron chi connectivity index (χ3n) is 0.813. The highest BCUT2D eigenvalue weighted by Crippen LogP contribution is 1.92. The van der Waals surface area contributed by atoms with E-state index in [4.69, 9.17) is 4.74 Å². The van der Waals surface area contributed by atoms with Crippen LogP contribution in [0.5, 0.6) is 0 Å². The Kier molecular flexibility index (Phi) is 4.32. The van der Waals surface area contributed by atoms with E-state index in [1.165, 1.54) is 0 Å². The molecule has 0 aromatic heterocycles. The smallest absolute Gasteiger partial charge is 0.123 e. The Hall–Kier alpha value is -0.530. The maximum absolute atomic E-state index is 11.3. The predicted molar refractivity (Wildman–Crippen MR) is 31.4 cm³/mol. The van der Waals surface area contributed by atoms with Crippen LogP contribution in [-0.2, 0) is 4.74 Å². The van der Waals surface area contributed by atoms with Gasteiger partial charge in [0.25, 0.3) is 0 Å². The summed E-state index contributed by atoms with van der Waals surface area (Å²) in [5.74, 6) is 0.780. The fraction of sp³-hybridized carbons (Fsp3) is 0.667. The third kappa shape index (κ3) is 3.65. The fourth-order valence-corrected chi connectivity index (χ4v) is 0.283. The minimum absolute atomic E-state index is 0.177. The molecule has 0 aliphatic rings. The van der Waals surface area contributed by atoms with E-state index in [0.29, 0.717) is 0 Å². The van der Waals surface area contributed by atoms with Crippen molar-refractivity contribution in [2.45, 2.75) is 13.8 Å². The SMILES string of the molecule is CC=C(C)OCCF. The Morgan fingerprint density at radius 2 is 2.38 bits per heavy atom. The van der Waals surface area contributed by atoms with Gasteiger partial charge in [-0.15, -0.1) is 0 Å². The van der Waals surface area contributed by atoms with Gasteiger partial charge in [-0.1, -0.05) is 6.08 Å². The first-order chi connectivity index (χ1) is 3.81. The van der Waals surface area contributed by atoms with Crippen LogP contribution in [0.4, 0.5) is 4.39 Å². The normalized spacial score (nSPS) is 11.6. The van der Waals surface area contributed by atoms with Gasteiger partial charge in [-0.05, 0) is 13.8 Å². The molecule has 0 amide bonds. The van der Waals surface area contributed by atoms with Crippen LogP contribution >= 0.6 is 0 Å². The summed E-state index contributed by atoms with van der Waals surface area (Å²) in [7, 11) is 0. The Morgan fingerprint density at radius 1 is 1.75 bits per heavy atom. The first-order valence-electron chi connectivity index (χ1n) is 2.63. The minimum Gasteiger partial charge on any atom is -0.496 e. The second-order valence-electron chi connectivity index (χ2n) is 1.44. The first-order valence-corrected chi connectivity index (χ1v) is 2.63. The van der Waals surface area contributed by atoms with Crippen LogP contribution in [0.15, 0.2) is 11.8 Å². The largest absolute Gasteiger partial charge is 0.496 e. The summed E-state index contributed by atoms with van der Waals surface area (Å²) in [6.07, 6.45) is 1.80. The Bertz CT molecular complexity index is 78.6. The minimum atomic E-state index is -0.412. The molecule has 0 aliphatic heterocycles. The third-order valence-corrected chi connectivity index (χ3v) is 0.813. The van der Waals surface area contributed by atoms with Gasteiger partial charge in [-0.3, -0.25) is 0 Å². The number of alkyl halides is 1. The molecule has 0 unspecified atom stereocenters. The van der Waals surface area contributed by atoms with Gasteiger partial charge < -0.3 is 4.74 Å². The van der Waals surface area contributed by atoms with Crippen LogP contribution in [0.25, 0.3) is 0 Å². The Balaban J connectivity index is 3.12. The van der Waals surface area contributed by atoms with E-state index >= 15 is 0 Å². The van der Waals surface area contributed by atoms with E-state index in [1.807, 2.05) is 6.92 Å². The number of allylic oxidation sites excluding steroid dienone is 2. The highest BCUT2D eigenvalue weighted by Gasteiger charge is 1.83. The summed E-state index contributed by atoms with van der Waals surface area (Å²) < 4.78 is 16.2. The van der Waals surface area contributed by atoms with Gasteiger partial charge >= 0.3 is 0 Å². The summed E-state index contributed by atoms with van der Waals surface area (Å²) in [6, 6.07) is 0. The molecule has 0 aromatic carbocycles. The molecule has 0 fully saturated rings. The first kappa shape index (κ1) is 7.47. The quantitative estimate of drug-likeness (QED) is 0.514. The van der Waals surface area contributed by atoms with Crippen molar-refractivity contribution in [2.75, 3.05) is 13.3 Å². The number of rotatable bonds is 3. The van der Waals surface area contributed by atoms with Gasteiger partial charge in [0.1, 0.15) is 13.3 Å². The van der Waals surface area contributed by atoms with Gasteiger partial charge in [0, 0.05) is 0 Å². The zero-order chi connectivity index (χ0) is 6.41. The van der Waals surface area contributed by atoms with Crippen molar-refractivity contribution in [1.29, 1.82) is 0 Å². The monoisotopic (exact) mass is 118 g/mol. The molecular formula is C6H11FO. The molecule has 0 aromatic rings. The van der Waals surface area contributed by atoms with E-state index in [1.54, 1.807) is 13.0 Å². The zero-order valence-electron chi connectivity index (χ0n) is 5.28. The van der Waals surface area contributed by atoms with Gasteiger partial charge in [0.15, 0.2) is 0 Å². The van der Waals surface area contributed by atoms with Crippen LogP contribution in [0.2, 0.25) is 0 Å². The van der Waals surface area contributed by atoms with Crippen molar-refractivity contribution >= 4 is 0 Å². The molecule has 0 heterocycles. The number of ether oxygens (including phenoxy) is 1. The van der Waals surface area contributed by atoms with Gasteiger partial charge in [0.05, 0.1) is 5.76 Å². The maximum Gasteiger partial charge on any atom is 0.123 e. The van der Waals surface area contributed by atoms with Gasteiger partial charge in [-0.2, -0.15) is 0 Å². The molecule has 1 nitrogen and oxygen atoms in total. The average molecular weight is 118 g/mol. The molecule has 2 heteroatoms. The molecule has 0 radical (unpaired) electrons. The lowest BCUT2D eigenvalue weighted by Crippen LogP contribution is -1.92. The molecule has 0 saturated carbocycles. The number of hydrogen-bond acceptors (Lipinski definition) is 1. The van der Waals surface area contributed by atoms with E-state index in [-0.39, 0.29) is 6.61 Å². The van der Waals surface area contributed by atoms with E-state index < -0.39 is 6.67 Å². The van der Waals surface area contributed by atoms with Crippen molar-refractivity contribution in [3.05, 3.63) is 11.8 Å². The van der Waals surface area contributed by atoms with Crippen molar-refractivity contribution in [3.63, 3.8) is 0 Å². The molecular weight excluding hydrogens is 107 g/mol. The lowest BCUT2D eigenvalue weighted by molar-refractivity contribution is 0.188. The average Bonchev–Trinajstić information content (AvgIpc) is 1.83. The lowest BCUT2D eigenvalue weighted by atomic mass is 10.5. The van der Waals surface area contributed by atoms with Crippen LogP contribution in [0.3, 0.4) is 0 Å². The summed E-state index contributed by atoms with van der Waals surface area (Å²) in [6.45, 7) is 3.42. The molecule has 8 heavy (non-hydrogen) atoms. The van der Waals surface area contributed by atoms with Crippen molar-refractivity contribution < 1.29 is 9.13 Å². The lowest BCUT2D eigenvalue weighted by Gasteiger charge is -1.99. The second-order valence-corrected chi connectivity index (χ2v) is 1.44. The Morgan fingerprint density at radius 3 is 2.75 bits per heavy atom. The highest BCUT2D eigenvalue weighted by atomic mass is 19.1. The van der Waals surface area contributed by atoms with Crippen molar-refractivity contribution in [2.24, 2.45) is 0 Å². The number of halogens is 1. The molecule has 0 rings (SSSR count). The van der Waals surface area contributed by atoms with E-state index in [9.17, 15) is 4.39 Å². The summed E-state index contributed by atoms with van der Waals surface area (Å²) in [5.41, 5.74) is 0. The molecule has 0 aliphatic carbocycles. The van der Waals surface area contributed by atoms with Crippen LogP contribution in [0, 0.1) is 0 Å². The van der Waals surface area contributed by atoms with Crippen LogP contribution in [-0.4, -0.2) is 13.3 Å². The maximum atomic E-state index is 11.3. The summed E-state index contributed by atoms with van der Waals surface area (Å²) >= 11 is 0. The van der Waals surface area contributed by atoms with Crippen LogP contribution in [0.1, 0.15) is 13.8 Å². The highest BCUT2D eigenvalue weighted by molar-refractivity contribution is 4.83. The summed E-state index contributed by atoms with van der Waals surface area (Å²) in [4.78, 5) is 0. The fourth-order valence-electron chi connectivity index (χ4n) is 0.283. The van der Waals surface area contributed by atoms with Gasteiger partial charge in [0.2, 0.25) is 0 Å². The van der Waals surface area contributed by atoms with Crippen molar-refractivity contribution in [1.82, 2.24) is 0 Å². The number of hydrogen-bond donors (Lipinski definition) is 0. The molecule has 0 bridgehead atoms. The second kappa shape index (κ2) is 4.62. The van der Waals surface area contributed by atoms with E-state index in [0.717, 1.165) is 5.76 Å². The Labute approximate surface area is 49.2 Å². The molecule has 0 atom stereocenters. The molecule has 48 valence electrons. The molecule has 0 saturated heterocycles. The zero-order valence-corrected chi connectivity index (χ0v) is 5.28. The van der Waals surface area contributed by atoms with Gasteiger partial charge in [-0.25, -0.2) is 4.39 Å². The van der Waals surface area contributed by atoms with Crippen LogP contribution < -0.4 is 0 Å². The topological polar surface area (TPSA) is 9.23 Å². The predicted octanol–water partition coefficient (Wildman–Crippen LogP) is 1.90. The standard InChI is InChI=1S/C6H11FO/c1-3-6(2)8-5-4-7/h3H,4-5H2,1-2H3. The van der Waals surface area contributed by atoms with E-state index in [2.05, 4.69) is 0 Å². The summed E-state index contributed by atoms with van der Waals surface area (Å²) in [5, 5.41) is 0. The molecule has 0 N–H and O–H groups in total. The molecule has 0 spiro atoms.